The van der Waals surface area contributed by atoms with Crippen LogP contribution in [0, 0.1) is 5.82 Å². The van der Waals surface area contributed by atoms with Crippen LogP contribution in [0.3, 0.4) is 0 Å². The first kappa shape index (κ1) is 22.5. The highest BCUT2D eigenvalue weighted by Gasteiger charge is 2.38. The average molecular weight is 475 g/mol. The van der Waals surface area contributed by atoms with Gasteiger partial charge in [-0.2, -0.15) is 4.31 Å². The van der Waals surface area contributed by atoms with Crippen molar-refractivity contribution in [2.24, 2.45) is 0 Å². The van der Waals surface area contributed by atoms with Crippen molar-refractivity contribution in [2.75, 3.05) is 11.9 Å². The summed E-state index contributed by atoms with van der Waals surface area (Å²) in [7, 11) is -3.71. The van der Waals surface area contributed by atoms with Gasteiger partial charge in [-0.15, -0.1) is 10.2 Å². The van der Waals surface area contributed by atoms with Crippen LogP contribution in [0.15, 0.2) is 53.4 Å². The van der Waals surface area contributed by atoms with Gasteiger partial charge in [-0.3, -0.25) is 4.79 Å². The first-order valence-electron chi connectivity index (χ1n) is 10.3. The Hall–Kier alpha value is -2.69. The van der Waals surface area contributed by atoms with E-state index in [4.69, 9.17) is 0 Å². The highest BCUT2D eigenvalue weighted by atomic mass is 32.2. The van der Waals surface area contributed by atoms with Gasteiger partial charge in [0.25, 0.3) is 5.91 Å². The molecule has 1 fully saturated rings. The maximum atomic E-state index is 13.3. The molecular formula is C22H23FN4O3S2. The van der Waals surface area contributed by atoms with Crippen LogP contribution < -0.4 is 5.32 Å². The Bertz CT molecular complexity index is 1230. The van der Waals surface area contributed by atoms with Crippen molar-refractivity contribution in [2.45, 2.75) is 43.5 Å². The molecule has 0 spiro atoms. The van der Waals surface area contributed by atoms with Crippen molar-refractivity contribution in [1.29, 1.82) is 0 Å². The van der Waals surface area contributed by atoms with Gasteiger partial charge in [0.15, 0.2) is 0 Å². The lowest BCUT2D eigenvalue weighted by Crippen LogP contribution is -2.30. The molecule has 4 rings (SSSR count). The minimum absolute atomic E-state index is 0.0924. The van der Waals surface area contributed by atoms with E-state index in [-0.39, 0.29) is 9.90 Å². The van der Waals surface area contributed by atoms with E-state index in [0.717, 1.165) is 16.9 Å². The summed E-state index contributed by atoms with van der Waals surface area (Å²) in [5.41, 5.74) is 1.38. The minimum Gasteiger partial charge on any atom is -0.320 e. The molecule has 0 bridgehead atoms. The summed E-state index contributed by atoms with van der Waals surface area (Å²) in [4.78, 5) is 12.7. The van der Waals surface area contributed by atoms with Gasteiger partial charge >= 0.3 is 0 Å². The van der Waals surface area contributed by atoms with Crippen LogP contribution in [-0.2, 0) is 10.0 Å². The molecule has 10 heteroatoms. The zero-order chi connectivity index (χ0) is 22.9. The predicted octanol–water partition coefficient (Wildman–Crippen LogP) is 4.58. The summed E-state index contributed by atoms with van der Waals surface area (Å²) < 4.78 is 41.3. The van der Waals surface area contributed by atoms with E-state index < -0.39 is 27.8 Å². The highest BCUT2D eigenvalue weighted by Crippen LogP contribution is 2.38. The second-order valence-electron chi connectivity index (χ2n) is 7.91. The maximum Gasteiger partial charge on any atom is 0.286 e. The molecule has 32 heavy (non-hydrogen) atoms. The van der Waals surface area contributed by atoms with Crippen LogP contribution >= 0.6 is 11.3 Å². The van der Waals surface area contributed by atoms with Gasteiger partial charge < -0.3 is 5.32 Å². The molecule has 3 aromatic rings. The van der Waals surface area contributed by atoms with E-state index in [0.29, 0.717) is 36.0 Å². The van der Waals surface area contributed by atoms with E-state index >= 15 is 0 Å². The summed E-state index contributed by atoms with van der Waals surface area (Å²) in [5.74, 6) is -0.672. The molecule has 2 aromatic carbocycles. The summed E-state index contributed by atoms with van der Waals surface area (Å²) in [5, 5.41) is 11.2. The number of carbonyl (C=O) groups is 1. The number of anilines is 1. The summed E-state index contributed by atoms with van der Waals surface area (Å²) >= 11 is 1.05. The van der Waals surface area contributed by atoms with Crippen molar-refractivity contribution in [3.8, 4) is 0 Å². The lowest BCUT2D eigenvalue weighted by atomic mass is 10.0. The van der Waals surface area contributed by atoms with Gasteiger partial charge in [0.1, 0.15) is 10.8 Å². The fourth-order valence-corrected chi connectivity index (χ4v) is 6.26. The monoisotopic (exact) mass is 474 g/mol. The maximum absolute atomic E-state index is 13.3. The second-order valence-corrected chi connectivity index (χ2v) is 10.8. The molecule has 0 aliphatic carbocycles. The summed E-state index contributed by atoms with van der Waals surface area (Å²) in [6, 6.07) is 12.0. The van der Waals surface area contributed by atoms with Gasteiger partial charge in [-0.05, 0) is 54.7 Å². The topological polar surface area (TPSA) is 92.3 Å². The van der Waals surface area contributed by atoms with Gasteiger partial charge in [0.2, 0.25) is 15.0 Å². The van der Waals surface area contributed by atoms with Gasteiger partial charge in [-0.25, -0.2) is 12.8 Å². The number of aromatic nitrogens is 2. The number of hydrogen-bond acceptors (Lipinski definition) is 6. The Morgan fingerprint density at radius 1 is 1.19 bits per heavy atom. The van der Waals surface area contributed by atoms with E-state index in [1.165, 1.54) is 22.5 Å². The van der Waals surface area contributed by atoms with Crippen LogP contribution in [-0.4, -0.2) is 35.4 Å². The SMILES string of the molecule is CC(C)c1ccc(S(=O)(=O)N2CCC[C@H]2c2nnc(C(=O)Nc3cccc(F)c3)s2)cc1. The molecule has 1 N–H and O–H groups in total. The first-order chi connectivity index (χ1) is 15.3. The minimum atomic E-state index is -3.71. The summed E-state index contributed by atoms with van der Waals surface area (Å²) in [6.45, 7) is 4.48. The Balaban J connectivity index is 1.53. The van der Waals surface area contributed by atoms with Gasteiger partial charge in [0, 0.05) is 12.2 Å². The Morgan fingerprint density at radius 3 is 2.62 bits per heavy atom. The standard InChI is InChI=1S/C22H23FN4O3S2/c1-14(2)15-8-10-18(11-9-15)32(29,30)27-12-4-7-19(27)21-25-26-22(31-21)20(28)24-17-6-3-5-16(23)13-17/h3,5-6,8-11,13-14,19H,4,7,12H2,1-2H3,(H,24,28)/t19-/m0/s1. The van der Waals surface area contributed by atoms with Crippen LogP contribution in [0.25, 0.3) is 0 Å². The highest BCUT2D eigenvalue weighted by molar-refractivity contribution is 7.89. The van der Waals surface area contributed by atoms with Crippen molar-refractivity contribution in [1.82, 2.24) is 14.5 Å². The summed E-state index contributed by atoms with van der Waals surface area (Å²) in [6.07, 6.45) is 1.29. The van der Waals surface area contributed by atoms with Crippen LogP contribution in [0.4, 0.5) is 10.1 Å². The number of hydrogen-bond donors (Lipinski definition) is 1. The smallest absolute Gasteiger partial charge is 0.286 e. The van der Waals surface area contributed by atoms with Crippen LogP contribution in [0.2, 0.25) is 0 Å². The van der Waals surface area contributed by atoms with Crippen molar-refractivity contribution in [3.63, 3.8) is 0 Å². The fraction of sp³-hybridized carbons (Fsp3) is 0.318. The number of sulfonamides is 1. The molecule has 1 amide bonds. The molecule has 1 aliphatic heterocycles. The largest absolute Gasteiger partial charge is 0.320 e. The molecule has 2 heterocycles. The molecular weight excluding hydrogens is 451 g/mol. The number of nitrogens with one attached hydrogen (secondary N) is 1. The zero-order valence-electron chi connectivity index (χ0n) is 17.7. The predicted molar refractivity (Wildman–Crippen MR) is 121 cm³/mol. The van der Waals surface area contributed by atoms with E-state index in [9.17, 15) is 17.6 Å². The molecule has 0 radical (unpaired) electrons. The number of nitrogens with zero attached hydrogens (tertiary/aromatic N) is 3. The van der Waals surface area contributed by atoms with Crippen molar-refractivity contribution in [3.05, 3.63) is 69.9 Å². The second kappa shape index (κ2) is 9.05. The molecule has 168 valence electrons. The molecule has 1 aliphatic rings. The molecule has 1 aromatic heterocycles. The normalized spacial score (nSPS) is 17.1. The van der Waals surface area contributed by atoms with Gasteiger partial charge in [0.05, 0.1) is 10.9 Å². The Labute approximate surface area is 190 Å². The average Bonchev–Trinajstić information content (AvgIpc) is 3.43. The molecule has 1 atom stereocenters. The number of benzene rings is 2. The number of carbonyl (C=O) groups excluding carboxylic acids is 1. The van der Waals surface area contributed by atoms with E-state index in [1.54, 1.807) is 18.2 Å². The van der Waals surface area contributed by atoms with Crippen molar-refractivity contribution < 1.29 is 17.6 Å². The van der Waals surface area contributed by atoms with Gasteiger partial charge in [-0.1, -0.05) is 43.4 Å². The number of amides is 1. The quantitative estimate of drug-likeness (QED) is 0.565. The fourth-order valence-electron chi connectivity index (χ4n) is 3.65. The van der Waals surface area contributed by atoms with Crippen LogP contribution in [0.1, 0.15) is 59.0 Å². The Morgan fingerprint density at radius 2 is 1.94 bits per heavy atom. The van der Waals surface area contributed by atoms with E-state index in [1.807, 2.05) is 12.1 Å². The lowest BCUT2D eigenvalue weighted by Gasteiger charge is -2.22. The first-order valence-corrected chi connectivity index (χ1v) is 12.5. The number of halogens is 1. The van der Waals surface area contributed by atoms with E-state index in [2.05, 4.69) is 29.4 Å². The molecule has 1 saturated heterocycles. The zero-order valence-corrected chi connectivity index (χ0v) is 19.3. The Kier molecular flexibility index (Phi) is 6.36. The molecule has 7 nitrogen and oxygen atoms in total. The molecule has 0 unspecified atom stereocenters. The third-order valence-electron chi connectivity index (χ3n) is 5.36. The van der Waals surface area contributed by atoms with Crippen molar-refractivity contribution >= 4 is 33.0 Å². The third-order valence-corrected chi connectivity index (χ3v) is 8.31. The third kappa shape index (κ3) is 4.57. The van der Waals surface area contributed by atoms with Crippen LogP contribution in [0.5, 0.6) is 0 Å². The molecule has 0 saturated carbocycles. The number of rotatable bonds is 6. The lowest BCUT2D eigenvalue weighted by molar-refractivity contribution is 0.102.